The van der Waals surface area contributed by atoms with E-state index >= 15 is 0 Å². The lowest BCUT2D eigenvalue weighted by Gasteiger charge is -2.24. The molecule has 0 amide bonds. The van der Waals surface area contributed by atoms with Gasteiger partial charge in [0.2, 0.25) is 0 Å². The zero-order valence-electron chi connectivity index (χ0n) is 11.2. The Hall–Kier alpha value is -1.14. The maximum absolute atomic E-state index is 11.9. The summed E-state index contributed by atoms with van der Waals surface area (Å²) in [6.45, 7) is 1.96. The molecule has 1 unspecified atom stereocenters. The Labute approximate surface area is 122 Å². The summed E-state index contributed by atoms with van der Waals surface area (Å²) in [4.78, 5) is 8.91. The first kappa shape index (κ1) is 13.8. The van der Waals surface area contributed by atoms with E-state index in [1.165, 1.54) is 0 Å². The molecule has 0 bridgehead atoms. The van der Waals surface area contributed by atoms with Crippen LogP contribution in [-0.4, -0.2) is 34.5 Å². The van der Waals surface area contributed by atoms with E-state index in [9.17, 15) is 8.42 Å². The maximum Gasteiger partial charge on any atom is 0.160 e. The molecule has 1 aliphatic rings. The van der Waals surface area contributed by atoms with E-state index in [0.717, 1.165) is 23.1 Å². The molecule has 108 valence electrons. The summed E-state index contributed by atoms with van der Waals surface area (Å²) in [5.74, 6) is 1.38. The number of nitrogens with zero attached hydrogens (tertiary/aromatic N) is 3. The van der Waals surface area contributed by atoms with Crippen molar-refractivity contribution in [3.8, 4) is 0 Å². The van der Waals surface area contributed by atoms with Gasteiger partial charge < -0.3 is 4.57 Å². The minimum atomic E-state index is -2.98. The number of pyridine rings is 1. The molecule has 0 spiro atoms. The fourth-order valence-electron chi connectivity index (χ4n) is 2.81. The average Bonchev–Trinajstić information content (AvgIpc) is 2.74. The normalized spacial score (nSPS) is 22.2. The lowest BCUT2D eigenvalue weighted by atomic mass is 10.2. The second-order valence-electron chi connectivity index (χ2n) is 5.30. The number of hydrogen-bond donors (Lipinski definition) is 0. The van der Waals surface area contributed by atoms with Crippen LogP contribution in [0, 0.1) is 6.92 Å². The first-order valence-corrected chi connectivity index (χ1v) is 8.95. The quantitative estimate of drug-likeness (QED) is 0.798. The minimum absolute atomic E-state index is 0.109. The van der Waals surface area contributed by atoms with Crippen molar-refractivity contribution >= 4 is 32.6 Å². The third kappa shape index (κ3) is 2.42. The number of halogens is 1. The number of imidazole rings is 1. The zero-order valence-corrected chi connectivity index (χ0v) is 12.8. The number of rotatable bonds is 2. The van der Waals surface area contributed by atoms with Crippen LogP contribution in [0.4, 0.5) is 0 Å². The van der Waals surface area contributed by atoms with E-state index in [1.807, 2.05) is 17.6 Å². The van der Waals surface area contributed by atoms with Gasteiger partial charge >= 0.3 is 0 Å². The van der Waals surface area contributed by atoms with Crippen molar-refractivity contribution in [3.05, 3.63) is 23.7 Å². The van der Waals surface area contributed by atoms with Crippen LogP contribution in [0.3, 0.4) is 0 Å². The first-order valence-electron chi connectivity index (χ1n) is 6.60. The molecular formula is C13H16ClN3O2S. The minimum Gasteiger partial charge on any atom is -0.308 e. The van der Waals surface area contributed by atoms with E-state index in [0.29, 0.717) is 12.2 Å². The van der Waals surface area contributed by atoms with Crippen molar-refractivity contribution in [1.82, 2.24) is 14.5 Å². The van der Waals surface area contributed by atoms with Gasteiger partial charge in [0.15, 0.2) is 15.5 Å². The summed E-state index contributed by atoms with van der Waals surface area (Å²) < 4.78 is 25.6. The molecule has 2 aromatic rings. The molecule has 0 N–H and O–H groups in total. The highest BCUT2D eigenvalue weighted by Gasteiger charge is 2.29. The first-order chi connectivity index (χ1) is 9.50. The van der Waals surface area contributed by atoms with E-state index in [1.54, 1.807) is 6.20 Å². The van der Waals surface area contributed by atoms with Crippen LogP contribution >= 0.6 is 11.6 Å². The second kappa shape index (κ2) is 5.00. The number of aromatic nitrogens is 3. The Morgan fingerprint density at radius 2 is 2.30 bits per heavy atom. The number of fused-ring (bicyclic) bond motifs is 1. The van der Waals surface area contributed by atoms with Crippen molar-refractivity contribution < 1.29 is 8.42 Å². The molecule has 3 rings (SSSR count). The molecule has 2 aromatic heterocycles. The van der Waals surface area contributed by atoms with Gasteiger partial charge in [-0.15, -0.1) is 11.6 Å². The van der Waals surface area contributed by atoms with Crippen molar-refractivity contribution in [1.29, 1.82) is 0 Å². The highest BCUT2D eigenvalue weighted by atomic mass is 35.5. The molecule has 1 saturated heterocycles. The summed E-state index contributed by atoms with van der Waals surface area (Å²) >= 11 is 5.97. The van der Waals surface area contributed by atoms with Gasteiger partial charge in [-0.25, -0.2) is 18.4 Å². The van der Waals surface area contributed by atoms with Gasteiger partial charge in [0, 0.05) is 6.20 Å². The van der Waals surface area contributed by atoms with Crippen LogP contribution in [0.15, 0.2) is 12.3 Å². The SMILES string of the molecule is Cc1cnc2c(c1)nc(CCl)n2C1CCCS(=O)(=O)C1. The molecule has 1 aliphatic heterocycles. The number of alkyl halides is 1. The number of sulfone groups is 1. The van der Waals surface area contributed by atoms with E-state index in [-0.39, 0.29) is 23.4 Å². The Morgan fingerprint density at radius 3 is 3.00 bits per heavy atom. The van der Waals surface area contributed by atoms with Gasteiger partial charge in [0.25, 0.3) is 0 Å². The zero-order chi connectivity index (χ0) is 14.3. The third-order valence-corrected chi connectivity index (χ3v) is 5.71. The van der Waals surface area contributed by atoms with Gasteiger partial charge in [-0.2, -0.15) is 0 Å². The molecule has 1 atom stereocenters. The molecule has 0 radical (unpaired) electrons. The summed E-state index contributed by atoms with van der Waals surface area (Å²) in [6, 6.07) is 1.84. The molecule has 0 aliphatic carbocycles. The average molecular weight is 314 g/mol. The van der Waals surface area contributed by atoms with Gasteiger partial charge in [-0.1, -0.05) is 0 Å². The predicted octanol–water partition coefficient (Wildman–Crippen LogP) is 2.23. The summed E-state index contributed by atoms with van der Waals surface area (Å²) in [5, 5.41) is 0. The molecule has 3 heterocycles. The molecule has 1 fully saturated rings. The Kier molecular flexibility index (Phi) is 3.46. The van der Waals surface area contributed by atoms with Gasteiger partial charge in [-0.05, 0) is 31.4 Å². The second-order valence-corrected chi connectivity index (χ2v) is 7.79. The van der Waals surface area contributed by atoms with Crippen LogP contribution in [0.1, 0.15) is 30.3 Å². The van der Waals surface area contributed by atoms with Gasteiger partial charge in [0.05, 0.1) is 23.4 Å². The smallest absolute Gasteiger partial charge is 0.160 e. The fraction of sp³-hybridized carbons (Fsp3) is 0.538. The van der Waals surface area contributed by atoms with Gasteiger partial charge in [-0.3, -0.25) is 0 Å². The standard InChI is InChI=1S/C13H16ClN3O2S/c1-9-5-11-13(15-7-9)17(12(6-14)16-11)10-3-2-4-20(18,19)8-10/h5,7,10H,2-4,6,8H2,1H3. The monoisotopic (exact) mass is 313 g/mol. The van der Waals surface area contributed by atoms with Crippen molar-refractivity contribution in [2.24, 2.45) is 0 Å². The highest BCUT2D eigenvalue weighted by Crippen LogP contribution is 2.29. The predicted molar refractivity (Wildman–Crippen MR) is 78.7 cm³/mol. The molecule has 0 aromatic carbocycles. The Bertz CT molecular complexity index is 754. The van der Waals surface area contributed by atoms with Crippen LogP contribution in [-0.2, 0) is 15.7 Å². The van der Waals surface area contributed by atoms with Crippen LogP contribution in [0.25, 0.3) is 11.2 Å². The molecule has 20 heavy (non-hydrogen) atoms. The van der Waals surface area contributed by atoms with Crippen LogP contribution < -0.4 is 0 Å². The Balaban J connectivity index is 2.14. The summed E-state index contributed by atoms with van der Waals surface area (Å²) in [7, 11) is -2.98. The number of hydrogen-bond acceptors (Lipinski definition) is 4. The fourth-order valence-corrected chi connectivity index (χ4v) is 4.67. The Morgan fingerprint density at radius 1 is 1.50 bits per heavy atom. The van der Waals surface area contributed by atoms with Crippen LogP contribution in [0.5, 0.6) is 0 Å². The molecule has 5 nitrogen and oxygen atoms in total. The van der Waals surface area contributed by atoms with Gasteiger partial charge in [0.1, 0.15) is 11.3 Å². The number of aryl methyl sites for hydroxylation is 1. The van der Waals surface area contributed by atoms with E-state index < -0.39 is 9.84 Å². The van der Waals surface area contributed by atoms with E-state index in [2.05, 4.69) is 9.97 Å². The molecule has 0 saturated carbocycles. The largest absolute Gasteiger partial charge is 0.308 e. The van der Waals surface area contributed by atoms with Crippen molar-refractivity contribution in [3.63, 3.8) is 0 Å². The summed E-state index contributed by atoms with van der Waals surface area (Å²) in [6.07, 6.45) is 3.28. The summed E-state index contributed by atoms with van der Waals surface area (Å²) in [5.41, 5.74) is 2.54. The third-order valence-electron chi connectivity index (χ3n) is 3.66. The highest BCUT2D eigenvalue weighted by molar-refractivity contribution is 7.91. The van der Waals surface area contributed by atoms with Crippen molar-refractivity contribution in [2.75, 3.05) is 11.5 Å². The molecular weight excluding hydrogens is 298 g/mol. The lowest BCUT2D eigenvalue weighted by molar-refractivity contribution is 0.469. The van der Waals surface area contributed by atoms with Crippen molar-refractivity contribution in [2.45, 2.75) is 31.7 Å². The van der Waals surface area contributed by atoms with E-state index in [4.69, 9.17) is 11.6 Å². The topological polar surface area (TPSA) is 64.8 Å². The lowest BCUT2D eigenvalue weighted by Crippen LogP contribution is -2.28. The maximum atomic E-state index is 11.9. The van der Waals surface area contributed by atoms with Crippen LogP contribution in [0.2, 0.25) is 0 Å². The molecule has 7 heteroatoms.